The summed E-state index contributed by atoms with van der Waals surface area (Å²) in [5.41, 5.74) is 6.65. The Morgan fingerprint density at radius 3 is 2.94 bits per heavy atom. The Morgan fingerprint density at radius 1 is 1.22 bits per heavy atom. The number of halogens is 1. The highest BCUT2D eigenvalue weighted by Gasteiger charge is 2.35. The molecule has 1 aliphatic carbocycles. The highest BCUT2D eigenvalue weighted by Crippen LogP contribution is 2.37. The van der Waals surface area contributed by atoms with Crippen molar-refractivity contribution in [2.45, 2.75) is 44.7 Å². The maximum absolute atomic E-state index is 13.9. The largest absolute Gasteiger partial charge is 0.396 e. The summed E-state index contributed by atoms with van der Waals surface area (Å²) in [5, 5.41) is 0. The summed E-state index contributed by atoms with van der Waals surface area (Å²) >= 11 is 0. The molecule has 0 amide bonds. The van der Waals surface area contributed by atoms with Gasteiger partial charge in [-0.1, -0.05) is 25.0 Å². The number of benzene rings is 1. The predicted octanol–water partition coefficient (Wildman–Crippen LogP) is 3.17. The maximum Gasteiger partial charge on any atom is 0.150 e. The normalized spacial score (nSPS) is 28.3. The minimum atomic E-state index is -0.225. The molecule has 2 aliphatic rings. The lowest BCUT2D eigenvalue weighted by Crippen LogP contribution is -2.34. The SMILES string of the molecule is Nc1cccc(CN2CCC3CCCCC32)c1F. The fourth-order valence-corrected chi connectivity index (χ4v) is 3.64. The molecule has 0 spiro atoms. The topological polar surface area (TPSA) is 29.3 Å². The molecule has 18 heavy (non-hydrogen) atoms. The first-order valence-electron chi connectivity index (χ1n) is 7.02. The van der Waals surface area contributed by atoms with Gasteiger partial charge in [0.25, 0.3) is 0 Å². The number of anilines is 1. The number of nitrogens with two attached hydrogens (primary N) is 1. The summed E-state index contributed by atoms with van der Waals surface area (Å²) in [4.78, 5) is 2.46. The lowest BCUT2D eigenvalue weighted by molar-refractivity contribution is 0.174. The monoisotopic (exact) mass is 248 g/mol. The second-order valence-corrected chi connectivity index (χ2v) is 5.69. The van der Waals surface area contributed by atoms with E-state index in [1.165, 1.54) is 32.1 Å². The third-order valence-electron chi connectivity index (χ3n) is 4.61. The fraction of sp³-hybridized carbons (Fsp3) is 0.600. The summed E-state index contributed by atoms with van der Waals surface area (Å²) < 4.78 is 13.9. The maximum atomic E-state index is 13.9. The van der Waals surface area contributed by atoms with Gasteiger partial charge >= 0.3 is 0 Å². The molecule has 1 aromatic rings. The van der Waals surface area contributed by atoms with Gasteiger partial charge in [0.2, 0.25) is 0 Å². The fourth-order valence-electron chi connectivity index (χ4n) is 3.64. The van der Waals surface area contributed by atoms with E-state index in [0.717, 1.165) is 24.6 Å². The molecular weight excluding hydrogens is 227 g/mol. The number of nitrogen functional groups attached to an aromatic ring is 1. The van der Waals surface area contributed by atoms with Crippen molar-refractivity contribution in [3.63, 3.8) is 0 Å². The Kier molecular flexibility index (Phi) is 3.25. The number of nitrogens with zero attached hydrogens (tertiary/aromatic N) is 1. The van der Waals surface area contributed by atoms with Crippen LogP contribution in [0.1, 0.15) is 37.7 Å². The van der Waals surface area contributed by atoms with Gasteiger partial charge in [-0.15, -0.1) is 0 Å². The van der Waals surface area contributed by atoms with Crippen LogP contribution in [-0.4, -0.2) is 17.5 Å². The highest BCUT2D eigenvalue weighted by molar-refractivity contribution is 5.42. The van der Waals surface area contributed by atoms with Crippen LogP contribution in [0.5, 0.6) is 0 Å². The van der Waals surface area contributed by atoms with Gasteiger partial charge in [-0.3, -0.25) is 4.90 Å². The van der Waals surface area contributed by atoms with Gasteiger partial charge in [0, 0.05) is 18.2 Å². The molecule has 1 aromatic carbocycles. The van der Waals surface area contributed by atoms with Crippen molar-refractivity contribution in [3.05, 3.63) is 29.6 Å². The molecule has 1 aliphatic heterocycles. The van der Waals surface area contributed by atoms with Gasteiger partial charge in [-0.2, -0.15) is 0 Å². The summed E-state index contributed by atoms with van der Waals surface area (Å²) in [7, 11) is 0. The smallest absolute Gasteiger partial charge is 0.150 e. The van der Waals surface area contributed by atoms with Crippen molar-refractivity contribution in [2.75, 3.05) is 12.3 Å². The van der Waals surface area contributed by atoms with Gasteiger partial charge in [0.1, 0.15) is 0 Å². The predicted molar refractivity (Wildman–Crippen MR) is 71.6 cm³/mol. The second-order valence-electron chi connectivity index (χ2n) is 5.69. The first kappa shape index (κ1) is 12.0. The molecule has 98 valence electrons. The average Bonchev–Trinajstić information content (AvgIpc) is 2.79. The van der Waals surface area contributed by atoms with Crippen molar-refractivity contribution in [3.8, 4) is 0 Å². The summed E-state index contributed by atoms with van der Waals surface area (Å²) in [5.74, 6) is 0.625. The molecule has 1 heterocycles. The van der Waals surface area contributed by atoms with Crippen LogP contribution in [0.3, 0.4) is 0 Å². The molecule has 2 nitrogen and oxygen atoms in total. The van der Waals surface area contributed by atoms with Crippen molar-refractivity contribution in [1.82, 2.24) is 4.90 Å². The summed E-state index contributed by atoms with van der Waals surface area (Å²) in [6, 6.07) is 6.02. The van der Waals surface area contributed by atoms with Crippen LogP contribution in [0.15, 0.2) is 18.2 Å². The molecule has 2 N–H and O–H groups in total. The van der Waals surface area contributed by atoms with Crippen molar-refractivity contribution in [2.24, 2.45) is 5.92 Å². The molecule has 2 fully saturated rings. The Hall–Kier alpha value is -1.09. The van der Waals surface area contributed by atoms with E-state index in [0.29, 0.717) is 6.04 Å². The van der Waals surface area contributed by atoms with Gasteiger partial charge in [-0.25, -0.2) is 4.39 Å². The van der Waals surface area contributed by atoms with E-state index in [2.05, 4.69) is 4.90 Å². The Labute approximate surface area is 108 Å². The molecule has 0 aromatic heterocycles. The standard InChI is InChI=1S/C15H21FN2/c16-15-12(5-3-6-13(15)17)10-18-9-8-11-4-1-2-7-14(11)18/h3,5-6,11,14H,1-2,4,7-10,17H2. The van der Waals surface area contributed by atoms with E-state index in [1.54, 1.807) is 6.07 Å². The van der Waals surface area contributed by atoms with Gasteiger partial charge in [-0.05, 0) is 37.8 Å². The summed E-state index contributed by atoms with van der Waals surface area (Å²) in [6.45, 7) is 1.83. The van der Waals surface area contributed by atoms with Crippen molar-refractivity contribution < 1.29 is 4.39 Å². The molecule has 0 bridgehead atoms. The van der Waals surface area contributed by atoms with E-state index in [1.807, 2.05) is 12.1 Å². The lowest BCUT2D eigenvalue weighted by atomic mass is 9.85. The minimum Gasteiger partial charge on any atom is -0.396 e. The third-order valence-corrected chi connectivity index (χ3v) is 4.61. The second kappa shape index (κ2) is 4.88. The van der Waals surface area contributed by atoms with E-state index in [-0.39, 0.29) is 11.5 Å². The van der Waals surface area contributed by atoms with Gasteiger partial charge < -0.3 is 5.73 Å². The zero-order chi connectivity index (χ0) is 12.5. The van der Waals surface area contributed by atoms with E-state index in [9.17, 15) is 4.39 Å². The molecule has 2 atom stereocenters. The summed E-state index contributed by atoms with van der Waals surface area (Å²) in [6.07, 6.45) is 6.64. The van der Waals surface area contributed by atoms with Crippen LogP contribution in [0.25, 0.3) is 0 Å². The van der Waals surface area contributed by atoms with Gasteiger partial charge in [0.05, 0.1) is 5.69 Å². The Bertz CT molecular complexity index is 433. The molecule has 1 saturated heterocycles. The quantitative estimate of drug-likeness (QED) is 0.814. The molecule has 0 radical (unpaired) electrons. The molecule has 3 rings (SSSR count). The number of rotatable bonds is 2. The van der Waals surface area contributed by atoms with E-state index < -0.39 is 0 Å². The number of fused-ring (bicyclic) bond motifs is 1. The highest BCUT2D eigenvalue weighted by atomic mass is 19.1. The van der Waals surface area contributed by atoms with Crippen molar-refractivity contribution >= 4 is 5.69 Å². The molecule has 2 unspecified atom stereocenters. The van der Waals surface area contributed by atoms with Crippen LogP contribution < -0.4 is 5.73 Å². The van der Waals surface area contributed by atoms with Crippen LogP contribution in [0.2, 0.25) is 0 Å². The zero-order valence-electron chi connectivity index (χ0n) is 10.7. The minimum absolute atomic E-state index is 0.225. The Balaban J connectivity index is 1.74. The van der Waals surface area contributed by atoms with Crippen LogP contribution in [0, 0.1) is 11.7 Å². The number of hydrogen-bond acceptors (Lipinski definition) is 2. The number of hydrogen-bond donors (Lipinski definition) is 1. The third kappa shape index (κ3) is 2.12. The molecule has 3 heteroatoms. The zero-order valence-corrected chi connectivity index (χ0v) is 10.7. The van der Waals surface area contributed by atoms with Crippen LogP contribution >= 0.6 is 0 Å². The first-order chi connectivity index (χ1) is 8.75. The number of likely N-dealkylation sites (tertiary alicyclic amines) is 1. The van der Waals surface area contributed by atoms with E-state index >= 15 is 0 Å². The van der Waals surface area contributed by atoms with Crippen LogP contribution in [0.4, 0.5) is 10.1 Å². The molecular formula is C15H21FN2. The average molecular weight is 248 g/mol. The van der Waals surface area contributed by atoms with Crippen molar-refractivity contribution in [1.29, 1.82) is 0 Å². The van der Waals surface area contributed by atoms with Crippen LogP contribution in [-0.2, 0) is 6.54 Å². The lowest BCUT2D eigenvalue weighted by Gasteiger charge is -2.31. The Morgan fingerprint density at radius 2 is 2.06 bits per heavy atom. The van der Waals surface area contributed by atoms with E-state index in [4.69, 9.17) is 5.73 Å². The first-order valence-corrected chi connectivity index (χ1v) is 7.02. The van der Waals surface area contributed by atoms with Gasteiger partial charge in [0.15, 0.2) is 5.82 Å². The molecule has 1 saturated carbocycles.